The maximum absolute atomic E-state index is 14.4. The molecule has 156 valence electrons. The largest absolute Gasteiger partial charge is 0.382 e. The summed E-state index contributed by atoms with van der Waals surface area (Å²) in [6.45, 7) is 0.563. The third-order valence-electron chi connectivity index (χ3n) is 5.12. The molecule has 0 spiro atoms. The van der Waals surface area contributed by atoms with Crippen molar-refractivity contribution >= 4 is 5.91 Å². The van der Waals surface area contributed by atoms with E-state index in [1.54, 1.807) is 11.0 Å². The topological polar surface area (TPSA) is 95.0 Å². The number of aliphatic hydroxyl groups excluding tert-OH is 1. The highest BCUT2D eigenvalue weighted by atomic mass is 19.3. The van der Waals surface area contributed by atoms with Gasteiger partial charge >= 0.3 is 5.92 Å². The molecule has 0 radical (unpaired) electrons. The van der Waals surface area contributed by atoms with Crippen molar-refractivity contribution in [1.82, 2.24) is 25.5 Å². The van der Waals surface area contributed by atoms with E-state index in [9.17, 15) is 18.7 Å². The van der Waals surface area contributed by atoms with Crippen molar-refractivity contribution in [2.24, 2.45) is 0 Å². The highest BCUT2D eigenvalue weighted by Crippen LogP contribution is 2.32. The first-order chi connectivity index (χ1) is 14.0. The Morgan fingerprint density at radius 1 is 1.28 bits per heavy atom. The van der Waals surface area contributed by atoms with E-state index in [1.807, 2.05) is 0 Å². The Labute approximate surface area is 167 Å². The summed E-state index contributed by atoms with van der Waals surface area (Å²) in [5, 5.41) is 23.6. The number of likely N-dealkylation sites (tertiary alicyclic amines) is 1. The monoisotopic (exact) mass is 405 g/mol. The number of nitrogens with one attached hydrogen (secondary N) is 1. The number of aromatic amines is 1. The molecule has 2 N–H and O–H groups in total. The fourth-order valence-electron chi connectivity index (χ4n) is 3.47. The van der Waals surface area contributed by atoms with Crippen LogP contribution in [0.5, 0.6) is 0 Å². The Morgan fingerprint density at radius 2 is 2.07 bits per heavy atom. The van der Waals surface area contributed by atoms with Gasteiger partial charge in [0.2, 0.25) is 5.91 Å². The Bertz CT molecular complexity index is 798. The molecule has 0 bridgehead atoms. The molecule has 1 unspecified atom stereocenters. The van der Waals surface area contributed by atoms with Crippen molar-refractivity contribution in [3.63, 3.8) is 0 Å². The number of halogens is 2. The van der Waals surface area contributed by atoms with Gasteiger partial charge in [0.1, 0.15) is 11.9 Å². The van der Waals surface area contributed by atoms with E-state index in [-0.39, 0.29) is 17.5 Å². The molecule has 1 saturated heterocycles. The van der Waals surface area contributed by atoms with Gasteiger partial charge in [0.05, 0.1) is 6.04 Å². The van der Waals surface area contributed by atoms with Gasteiger partial charge in [-0.2, -0.15) is 8.78 Å². The van der Waals surface area contributed by atoms with E-state index in [1.165, 1.54) is 30.3 Å². The van der Waals surface area contributed by atoms with Gasteiger partial charge in [0.25, 0.3) is 0 Å². The maximum atomic E-state index is 14.4. The maximum Gasteiger partial charge on any atom is 0.302 e. The Hall–Kier alpha value is -2.68. The number of rotatable bonds is 10. The lowest BCUT2D eigenvalue weighted by Crippen LogP contribution is -2.34. The smallest absolute Gasteiger partial charge is 0.302 e. The van der Waals surface area contributed by atoms with Crippen LogP contribution in [-0.4, -0.2) is 55.2 Å². The van der Waals surface area contributed by atoms with Crippen LogP contribution in [0.2, 0.25) is 0 Å². The number of hydrogen-bond acceptors (Lipinski definition) is 5. The van der Waals surface area contributed by atoms with E-state index in [0.29, 0.717) is 19.4 Å². The second-order valence-corrected chi connectivity index (χ2v) is 7.17. The molecule has 2 aromatic rings. The molecular formula is C20H25F2N5O2. The van der Waals surface area contributed by atoms with E-state index in [0.717, 1.165) is 37.6 Å². The number of carbonyl (C=O) groups excluding carboxylic acids is 1. The zero-order chi connectivity index (χ0) is 20.7. The molecule has 2 atom stereocenters. The van der Waals surface area contributed by atoms with Crippen molar-refractivity contribution in [2.75, 3.05) is 6.54 Å². The SMILES string of the molecule is O=C1CC[C@H](/C=C/C(O)C(F)(F)c2ccccc2)N1CCCCCc1nnn[nH]1. The number of alkyl halides is 2. The standard InChI is InChI=1S/C20H25F2N5O2/c21-20(22,15-7-3-1-4-8-15)17(28)12-10-16-11-13-19(29)27(16)14-6-2-5-9-18-23-25-26-24-18/h1,3-4,7-8,10,12,16-17,28H,2,5-6,9,11,13-14H2,(H,23,24,25,26)/b12-10+/t16-,17?/m0/s1. The highest BCUT2D eigenvalue weighted by Gasteiger charge is 2.39. The first-order valence-corrected chi connectivity index (χ1v) is 9.80. The molecule has 9 heteroatoms. The Morgan fingerprint density at radius 3 is 2.79 bits per heavy atom. The molecule has 0 aliphatic carbocycles. The third kappa shape index (κ3) is 5.44. The van der Waals surface area contributed by atoms with Gasteiger partial charge in [-0.3, -0.25) is 4.79 Å². The van der Waals surface area contributed by atoms with Gasteiger partial charge < -0.3 is 10.0 Å². The van der Waals surface area contributed by atoms with Gasteiger partial charge in [-0.15, -0.1) is 5.10 Å². The zero-order valence-electron chi connectivity index (χ0n) is 16.0. The molecule has 7 nitrogen and oxygen atoms in total. The summed E-state index contributed by atoms with van der Waals surface area (Å²) < 4.78 is 28.8. The lowest BCUT2D eigenvalue weighted by atomic mass is 10.0. The molecule has 1 aromatic heterocycles. The normalized spacial score (nSPS) is 18.7. The number of benzene rings is 1. The van der Waals surface area contributed by atoms with Crippen LogP contribution in [0.15, 0.2) is 42.5 Å². The molecule has 1 fully saturated rings. The number of unbranched alkanes of at least 4 members (excludes halogenated alkanes) is 2. The second-order valence-electron chi connectivity index (χ2n) is 7.17. The van der Waals surface area contributed by atoms with Crippen molar-refractivity contribution in [2.45, 2.75) is 56.6 Å². The summed E-state index contributed by atoms with van der Waals surface area (Å²) in [5.41, 5.74) is -0.238. The predicted molar refractivity (Wildman–Crippen MR) is 102 cm³/mol. The number of tetrazole rings is 1. The lowest BCUT2D eigenvalue weighted by Gasteiger charge is -2.24. The molecule has 2 heterocycles. The minimum Gasteiger partial charge on any atom is -0.382 e. The van der Waals surface area contributed by atoms with E-state index >= 15 is 0 Å². The number of aromatic nitrogens is 4. The van der Waals surface area contributed by atoms with Gasteiger partial charge in [0.15, 0.2) is 0 Å². The van der Waals surface area contributed by atoms with Gasteiger partial charge in [0, 0.05) is 24.9 Å². The number of aliphatic hydroxyl groups is 1. The van der Waals surface area contributed by atoms with E-state index < -0.39 is 12.0 Å². The van der Waals surface area contributed by atoms with Crippen LogP contribution >= 0.6 is 0 Å². The summed E-state index contributed by atoms with van der Waals surface area (Å²) >= 11 is 0. The molecule has 1 amide bonds. The van der Waals surface area contributed by atoms with Crippen LogP contribution < -0.4 is 0 Å². The molecule has 3 rings (SSSR count). The Kier molecular flexibility index (Phi) is 7.03. The molecular weight excluding hydrogens is 380 g/mol. The van der Waals surface area contributed by atoms with E-state index in [2.05, 4.69) is 20.6 Å². The zero-order valence-corrected chi connectivity index (χ0v) is 16.0. The fourth-order valence-corrected chi connectivity index (χ4v) is 3.47. The summed E-state index contributed by atoms with van der Waals surface area (Å²) in [6.07, 6.45) is 5.00. The van der Waals surface area contributed by atoms with Gasteiger partial charge in [-0.25, -0.2) is 5.10 Å². The van der Waals surface area contributed by atoms with Crippen LogP contribution in [-0.2, 0) is 17.1 Å². The summed E-state index contributed by atoms with van der Waals surface area (Å²) in [6, 6.07) is 6.98. The lowest BCUT2D eigenvalue weighted by molar-refractivity contribution is -0.128. The second kappa shape index (κ2) is 9.69. The fraction of sp³-hybridized carbons (Fsp3) is 0.500. The van der Waals surface area contributed by atoms with Crippen molar-refractivity contribution in [1.29, 1.82) is 0 Å². The van der Waals surface area contributed by atoms with Crippen LogP contribution in [0, 0.1) is 0 Å². The molecule has 29 heavy (non-hydrogen) atoms. The molecule has 1 aliphatic heterocycles. The number of H-pyrrole nitrogens is 1. The minimum atomic E-state index is -3.39. The average molecular weight is 405 g/mol. The number of aryl methyl sites for hydroxylation is 1. The Balaban J connectivity index is 1.50. The number of nitrogens with zero attached hydrogens (tertiary/aromatic N) is 4. The van der Waals surface area contributed by atoms with Crippen molar-refractivity contribution in [3.05, 3.63) is 53.9 Å². The number of carbonyl (C=O) groups is 1. The van der Waals surface area contributed by atoms with Crippen LogP contribution in [0.3, 0.4) is 0 Å². The van der Waals surface area contributed by atoms with Crippen molar-refractivity contribution in [3.8, 4) is 0 Å². The number of hydrogen-bond donors (Lipinski definition) is 2. The summed E-state index contributed by atoms with van der Waals surface area (Å²) in [5.74, 6) is -2.64. The minimum absolute atomic E-state index is 0.0170. The van der Waals surface area contributed by atoms with Gasteiger partial charge in [-0.05, 0) is 29.7 Å². The highest BCUT2D eigenvalue weighted by molar-refractivity contribution is 5.79. The third-order valence-corrected chi connectivity index (χ3v) is 5.12. The number of amides is 1. The van der Waals surface area contributed by atoms with Gasteiger partial charge in [-0.1, -0.05) is 48.9 Å². The molecule has 0 saturated carbocycles. The molecule has 1 aromatic carbocycles. The van der Waals surface area contributed by atoms with Crippen molar-refractivity contribution < 1.29 is 18.7 Å². The van der Waals surface area contributed by atoms with Crippen LogP contribution in [0.25, 0.3) is 0 Å². The van der Waals surface area contributed by atoms with Crippen LogP contribution in [0.4, 0.5) is 8.78 Å². The van der Waals surface area contributed by atoms with Crippen LogP contribution in [0.1, 0.15) is 43.5 Å². The average Bonchev–Trinajstić information content (AvgIpc) is 3.37. The first-order valence-electron chi connectivity index (χ1n) is 9.80. The first kappa shape index (κ1) is 21.0. The van der Waals surface area contributed by atoms with E-state index in [4.69, 9.17) is 0 Å². The predicted octanol–water partition coefficient (Wildman–Crippen LogP) is 2.61. The summed E-state index contributed by atoms with van der Waals surface area (Å²) in [7, 11) is 0. The quantitative estimate of drug-likeness (QED) is 0.468. The molecule has 1 aliphatic rings. The summed E-state index contributed by atoms with van der Waals surface area (Å²) in [4.78, 5) is 13.9.